The summed E-state index contributed by atoms with van der Waals surface area (Å²) in [7, 11) is 3.39. The van der Waals surface area contributed by atoms with E-state index in [-0.39, 0.29) is 12.5 Å². The van der Waals surface area contributed by atoms with Crippen molar-refractivity contribution in [2.75, 3.05) is 26.8 Å². The van der Waals surface area contributed by atoms with Gasteiger partial charge in [0.05, 0.1) is 19.7 Å². The van der Waals surface area contributed by atoms with Gasteiger partial charge in [-0.25, -0.2) is 4.98 Å². The van der Waals surface area contributed by atoms with E-state index in [0.717, 1.165) is 0 Å². The zero-order chi connectivity index (χ0) is 11.8. The second-order valence-electron chi connectivity index (χ2n) is 3.28. The quantitative estimate of drug-likeness (QED) is 0.564. The summed E-state index contributed by atoms with van der Waals surface area (Å²) < 4.78 is 6.43. The highest BCUT2D eigenvalue weighted by Crippen LogP contribution is 1.85. The van der Waals surface area contributed by atoms with E-state index in [1.807, 2.05) is 0 Å². The molecule has 7 nitrogen and oxygen atoms in total. The first-order valence-corrected chi connectivity index (χ1v) is 5.03. The first-order chi connectivity index (χ1) is 7.72. The van der Waals surface area contributed by atoms with Gasteiger partial charge >= 0.3 is 0 Å². The molecule has 0 bridgehead atoms. The van der Waals surface area contributed by atoms with Crippen LogP contribution in [-0.4, -0.2) is 47.5 Å². The van der Waals surface area contributed by atoms with Gasteiger partial charge < -0.3 is 15.4 Å². The SMILES string of the molecule is COCCNC(=O)CNCc1ncn(C)n1. The molecule has 1 aromatic rings. The van der Waals surface area contributed by atoms with Gasteiger partial charge in [0.15, 0.2) is 5.82 Å². The van der Waals surface area contributed by atoms with Gasteiger partial charge in [-0.1, -0.05) is 0 Å². The maximum absolute atomic E-state index is 11.2. The molecule has 1 aromatic heterocycles. The topological polar surface area (TPSA) is 81.1 Å². The fourth-order valence-corrected chi connectivity index (χ4v) is 1.11. The van der Waals surface area contributed by atoms with Gasteiger partial charge in [0.1, 0.15) is 6.33 Å². The number of aromatic nitrogens is 3. The summed E-state index contributed by atoms with van der Waals surface area (Å²) in [5, 5.41) is 9.73. The Kier molecular flexibility index (Phi) is 5.44. The third kappa shape index (κ3) is 4.85. The average molecular weight is 227 g/mol. The molecule has 1 heterocycles. The molecule has 16 heavy (non-hydrogen) atoms. The van der Waals surface area contributed by atoms with Gasteiger partial charge in [0, 0.05) is 20.7 Å². The fourth-order valence-electron chi connectivity index (χ4n) is 1.11. The molecular weight excluding hydrogens is 210 g/mol. The molecule has 0 saturated carbocycles. The number of aryl methyl sites for hydroxylation is 1. The minimum atomic E-state index is -0.0621. The lowest BCUT2D eigenvalue weighted by molar-refractivity contribution is -0.120. The predicted octanol–water partition coefficient (Wildman–Crippen LogP) is -1.33. The van der Waals surface area contributed by atoms with Crippen LogP contribution in [0, 0.1) is 0 Å². The highest BCUT2D eigenvalue weighted by molar-refractivity contribution is 5.77. The number of amides is 1. The van der Waals surface area contributed by atoms with Crippen molar-refractivity contribution >= 4 is 5.91 Å². The molecule has 0 atom stereocenters. The Morgan fingerprint density at radius 2 is 2.44 bits per heavy atom. The zero-order valence-electron chi connectivity index (χ0n) is 9.56. The van der Waals surface area contributed by atoms with E-state index in [1.165, 1.54) is 0 Å². The van der Waals surface area contributed by atoms with Crippen molar-refractivity contribution in [2.24, 2.45) is 7.05 Å². The normalized spacial score (nSPS) is 10.4. The molecule has 7 heteroatoms. The smallest absolute Gasteiger partial charge is 0.234 e. The molecule has 0 aliphatic heterocycles. The minimum absolute atomic E-state index is 0.0621. The Balaban J connectivity index is 2.08. The van der Waals surface area contributed by atoms with Gasteiger partial charge in [-0.2, -0.15) is 5.10 Å². The predicted molar refractivity (Wildman–Crippen MR) is 57.6 cm³/mol. The van der Waals surface area contributed by atoms with Gasteiger partial charge in [-0.3, -0.25) is 9.48 Å². The minimum Gasteiger partial charge on any atom is -0.383 e. The van der Waals surface area contributed by atoms with Crippen LogP contribution in [0.2, 0.25) is 0 Å². The monoisotopic (exact) mass is 227 g/mol. The lowest BCUT2D eigenvalue weighted by Gasteiger charge is -2.04. The van der Waals surface area contributed by atoms with E-state index in [2.05, 4.69) is 20.7 Å². The molecule has 0 spiro atoms. The molecule has 0 saturated heterocycles. The van der Waals surface area contributed by atoms with Gasteiger partial charge in [0.25, 0.3) is 0 Å². The maximum Gasteiger partial charge on any atom is 0.234 e. The number of carbonyl (C=O) groups excluding carboxylic acids is 1. The number of nitrogens with zero attached hydrogens (tertiary/aromatic N) is 3. The fraction of sp³-hybridized carbons (Fsp3) is 0.667. The number of ether oxygens (including phenoxy) is 1. The number of hydrogen-bond donors (Lipinski definition) is 2. The van der Waals surface area contributed by atoms with Crippen molar-refractivity contribution in [3.63, 3.8) is 0 Å². The molecule has 1 rings (SSSR count). The van der Waals surface area contributed by atoms with E-state index >= 15 is 0 Å². The van der Waals surface area contributed by atoms with Crippen LogP contribution in [0.3, 0.4) is 0 Å². The number of carbonyl (C=O) groups is 1. The number of rotatable bonds is 7. The average Bonchev–Trinajstić information content (AvgIpc) is 2.65. The van der Waals surface area contributed by atoms with Crippen molar-refractivity contribution in [1.82, 2.24) is 25.4 Å². The van der Waals surface area contributed by atoms with Crippen LogP contribution in [0.25, 0.3) is 0 Å². The summed E-state index contributed by atoms with van der Waals surface area (Å²) in [6.07, 6.45) is 1.62. The van der Waals surface area contributed by atoms with Crippen LogP contribution in [-0.2, 0) is 23.1 Å². The molecule has 0 aliphatic rings. The summed E-state index contributed by atoms with van der Waals surface area (Å²) in [6, 6.07) is 0. The molecule has 1 amide bonds. The molecule has 90 valence electrons. The summed E-state index contributed by atoms with van der Waals surface area (Å²) in [5.41, 5.74) is 0. The third-order valence-electron chi connectivity index (χ3n) is 1.84. The number of hydrogen-bond acceptors (Lipinski definition) is 5. The van der Waals surface area contributed by atoms with E-state index in [0.29, 0.717) is 25.5 Å². The van der Waals surface area contributed by atoms with Gasteiger partial charge in [-0.05, 0) is 0 Å². The van der Waals surface area contributed by atoms with Crippen molar-refractivity contribution in [2.45, 2.75) is 6.54 Å². The summed E-state index contributed by atoms with van der Waals surface area (Å²) in [5.74, 6) is 0.611. The molecule has 0 fully saturated rings. The van der Waals surface area contributed by atoms with Gasteiger partial charge in [-0.15, -0.1) is 0 Å². The van der Waals surface area contributed by atoms with Crippen LogP contribution >= 0.6 is 0 Å². The van der Waals surface area contributed by atoms with Gasteiger partial charge in [0.2, 0.25) is 5.91 Å². The van der Waals surface area contributed by atoms with Crippen LogP contribution in [0.5, 0.6) is 0 Å². The second kappa shape index (κ2) is 6.91. The Bertz CT molecular complexity index is 325. The van der Waals surface area contributed by atoms with E-state index < -0.39 is 0 Å². The lowest BCUT2D eigenvalue weighted by Crippen LogP contribution is -2.35. The number of nitrogens with one attached hydrogen (secondary N) is 2. The zero-order valence-corrected chi connectivity index (χ0v) is 9.56. The standard InChI is InChI=1S/C9H17N5O2/c1-14-7-12-8(13-14)5-10-6-9(15)11-3-4-16-2/h7,10H,3-6H2,1-2H3,(H,11,15). The Labute approximate surface area is 94.2 Å². The molecule has 0 aromatic carbocycles. The second-order valence-corrected chi connectivity index (χ2v) is 3.28. The Hall–Kier alpha value is -1.47. The van der Waals surface area contributed by atoms with Crippen molar-refractivity contribution in [3.05, 3.63) is 12.2 Å². The molecule has 2 N–H and O–H groups in total. The highest BCUT2D eigenvalue weighted by atomic mass is 16.5. The van der Waals surface area contributed by atoms with Crippen LogP contribution in [0.4, 0.5) is 0 Å². The summed E-state index contributed by atoms with van der Waals surface area (Å²) in [4.78, 5) is 15.3. The Morgan fingerprint density at radius 1 is 1.62 bits per heavy atom. The summed E-state index contributed by atoms with van der Waals surface area (Å²) in [6.45, 7) is 1.78. The first-order valence-electron chi connectivity index (χ1n) is 5.03. The van der Waals surface area contributed by atoms with Crippen LogP contribution in [0.1, 0.15) is 5.82 Å². The largest absolute Gasteiger partial charge is 0.383 e. The van der Waals surface area contributed by atoms with Crippen LogP contribution in [0.15, 0.2) is 6.33 Å². The molecular formula is C9H17N5O2. The maximum atomic E-state index is 11.2. The van der Waals surface area contributed by atoms with Crippen LogP contribution < -0.4 is 10.6 Å². The van der Waals surface area contributed by atoms with E-state index in [9.17, 15) is 4.79 Å². The Morgan fingerprint density at radius 3 is 3.06 bits per heavy atom. The highest BCUT2D eigenvalue weighted by Gasteiger charge is 2.01. The first kappa shape index (κ1) is 12.6. The van der Waals surface area contributed by atoms with Crippen molar-refractivity contribution in [3.8, 4) is 0 Å². The molecule has 0 aliphatic carbocycles. The molecule has 0 radical (unpaired) electrons. The summed E-state index contributed by atoms with van der Waals surface area (Å²) >= 11 is 0. The third-order valence-corrected chi connectivity index (χ3v) is 1.84. The van der Waals surface area contributed by atoms with Crippen molar-refractivity contribution in [1.29, 1.82) is 0 Å². The van der Waals surface area contributed by atoms with E-state index in [1.54, 1.807) is 25.2 Å². The number of methoxy groups -OCH3 is 1. The molecule has 0 unspecified atom stereocenters. The van der Waals surface area contributed by atoms with E-state index in [4.69, 9.17) is 4.74 Å². The lowest BCUT2D eigenvalue weighted by atomic mass is 10.5. The van der Waals surface area contributed by atoms with Crippen molar-refractivity contribution < 1.29 is 9.53 Å².